The molecule has 3 aromatic rings. The largest absolute Gasteiger partial charge is 0.372 e. The van der Waals surface area contributed by atoms with Gasteiger partial charge in [-0.3, -0.25) is 14.4 Å². The van der Waals surface area contributed by atoms with E-state index < -0.39 is 0 Å². The first-order chi connectivity index (χ1) is 26.8. The number of hydrogen-bond donors (Lipinski definition) is 0. The van der Waals surface area contributed by atoms with E-state index >= 15 is 0 Å². The van der Waals surface area contributed by atoms with Gasteiger partial charge in [0.25, 0.3) is 0 Å². The molecule has 57 heavy (non-hydrogen) atoms. The van der Waals surface area contributed by atoms with Crippen LogP contribution in [0.3, 0.4) is 0 Å². The average Bonchev–Trinajstić information content (AvgIpc) is 3.73. The Kier molecular flexibility index (Phi) is 17.7. The van der Waals surface area contributed by atoms with Gasteiger partial charge < -0.3 is 4.74 Å². The Morgan fingerprint density at radius 1 is 0.474 bits per heavy atom. The topological polar surface area (TPSA) is 60.4 Å². The minimum Gasteiger partial charge on any atom is -0.372 e. The molecular weight excluding hydrogens is 761 g/mol. The fraction of sp³-hybridized carbons (Fsp3) is 0.580. The highest BCUT2D eigenvalue weighted by Gasteiger charge is 2.48. The monoisotopic (exact) mass is 833 g/mol. The molecule has 0 spiro atoms. The number of hydrogen-bond acceptors (Lipinski definition) is 4. The predicted octanol–water partition coefficient (Wildman–Crippen LogP) is 11.0. The molecule has 4 nitrogen and oxygen atoms in total. The number of ketones is 3. The fourth-order valence-corrected chi connectivity index (χ4v) is 16.8. The van der Waals surface area contributed by atoms with Crippen LogP contribution in [0, 0.1) is 31.6 Å². The molecule has 312 valence electrons. The predicted molar refractivity (Wildman–Crippen MR) is 252 cm³/mol. The third-order valence-electron chi connectivity index (χ3n) is 11.3. The van der Waals surface area contributed by atoms with Gasteiger partial charge >= 0.3 is 0 Å². The summed E-state index contributed by atoms with van der Waals surface area (Å²) in [6, 6.07) is 24.1. The maximum absolute atomic E-state index is 13.0. The smallest absolute Gasteiger partial charge is 0.217 e. The Labute approximate surface area is 355 Å². The maximum Gasteiger partial charge on any atom is 0.217 e. The van der Waals surface area contributed by atoms with E-state index in [1.807, 2.05) is 60.7 Å². The molecule has 2 atom stereocenters. The average molecular weight is 834 g/mol. The third-order valence-corrected chi connectivity index (χ3v) is 20.7. The Morgan fingerprint density at radius 2 is 0.807 bits per heavy atom. The van der Waals surface area contributed by atoms with Gasteiger partial charge in [-0.2, -0.15) is 0 Å². The van der Waals surface area contributed by atoms with Crippen LogP contribution in [0.5, 0.6) is 0 Å². The van der Waals surface area contributed by atoms with Crippen molar-refractivity contribution >= 4 is 50.0 Å². The van der Waals surface area contributed by atoms with E-state index in [2.05, 4.69) is 88.3 Å². The van der Waals surface area contributed by atoms with Crippen LogP contribution >= 0.6 is 0 Å². The summed E-state index contributed by atoms with van der Waals surface area (Å²) in [6.45, 7) is 25.3. The summed E-state index contributed by atoms with van der Waals surface area (Å²) in [5.74, 6) is 8.03. The van der Waals surface area contributed by atoms with Gasteiger partial charge in [-0.05, 0) is 77.6 Å². The van der Waals surface area contributed by atoms with Crippen LogP contribution in [-0.4, -0.2) is 80.3 Å². The Balaban J connectivity index is 0.000000190. The summed E-state index contributed by atoms with van der Waals surface area (Å²) < 4.78 is 5.28. The van der Waals surface area contributed by atoms with Crippen LogP contribution in [0.15, 0.2) is 72.8 Å². The Morgan fingerprint density at radius 3 is 1.18 bits per heavy atom. The molecule has 0 N–H and O–H groups in total. The zero-order valence-electron chi connectivity index (χ0n) is 37.1. The number of rotatable bonds is 9. The second kappa shape index (κ2) is 21.3. The highest BCUT2D eigenvalue weighted by molar-refractivity contribution is 7.99. The lowest BCUT2D eigenvalue weighted by molar-refractivity contribution is 0.0938. The fourth-order valence-electron chi connectivity index (χ4n) is 8.04. The molecule has 2 unspecified atom stereocenters. The van der Waals surface area contributed by atoms with E-state index in [1.165, 1.54) is 71.8 Å². The number of ether oxygens (including phenoxy) is 1. The molecule has 0 bridgehead atoms. The van der Waals surface area contributed by atoms with Gasteiger partial charge in [0.1, 0.15) is 34.5 Å². The van der Waals surface area contributed by atoms with Gasteiger partial charge in [0, 0.05) is 49.3 Å². The molecule has 3 aliphatic rings. The van der Waals surface area contributed by atoms with Crippen molar-refractivity contribution < 1.29 is 19.1 Å². The SMILES string of the molecule is Cc1ccc(C(=O)C(C)(C)[S+]2CCCC2)cc1.Cc1ccc(C(=O)C([S+]2CCCCC2)C(C)(C)C)cc1.Cc1ccc(C(=O)C([S+]2CCOCC2)C(C)(C)C)cc1. The first-order valence-corrected chi connectivity index (χ1v) is 26.0. The van der Waals surface area contributed by atoms with Crippen molar-refractivity contribution in [2.45, 2.75) is 124 Å². The first kappa shape index (κ1) is 47.4. The van der Waals surface area contributed by atoms with Crippen molar-refractivity contribution in [3.63, 3.8) is 0 Å². The highest BCUT2D eigenvalue weighted by Crippen LogP contribution is 2.35. The summed E-state index contributed by atoms with van der Waals surface area (Å²) in [5, 5.41) is 0.291. The van der Waals surface area contributed by atoms with Gasteiger partial charge in [-0.1, -0.05) is 131 Å². The quantitative estimate of drug-likeness (QED) is 0.159. The van der Waals surface area contributed by atoms with Gasteiger partial charge in [0.05, 0.1) is 13.2 Å². The standard InChI is InChI=1S/C18H27OS.C17H25O2S.C15H21OS/c1-14-8-10-15(11-9-14)16(19)17(18(2,3)4)20-12-6-5-7-13-20;1-13-5-7-14(8-6-13)15(18)16(17(2,3)4)20-11-9-19-10-12-20;1-12-6-8-13(9-7-12)14(16)15(2,3)17-10-4-5-11-17/h8-11,17H,5-7,12-13H2,1-4H3;5-8,16H,9-12H2,1-4H3;6-9H,4-5,10-11H2,1-3H3/q3*+1. The summed E-state index contributed by atoms with van der Waals surface area (Å²) in [7, 11) is 0.677. The van der Waals surface area contributed by atoms with Crippen molar-refractivity contribution in [2.75, 3.05) is 47.7 Å². The van der Waals surface area contributed by atoms with Crippen LogP contribution < -0.4 is 0 Å². The number of Topliss-reactive ketones (excluding diaryl/α,β-unsaturated/α-hetero) is 3. The lowest BCUT2D eigenvalue weighted by atomic mass is 9.87. The summed E-state index contributed by atoms with van der Waals surface area (Å²) in [6.07, 6.45) is 6.55. The van der Waals surface area contributed by atoms with Crippen molar-refractivity contribution in [1.82, 2.24) is 0 Å². The summed E-state index contributed by atoms with van der Waals surface area (Å²) >= 11 is 0. The van der Waals surface area contributed by atoms with E-state index in [4.69, 9.17) is 4.74 Å². The zero-order valence-corrected chi connectivity index (χ0v) is 39.6. The van der Waals surface area contributed by atoms with Gasteiger partial charge in [-0.25, -0.2) is 0 Å². The van der Waals surface area contributed by atoms with E-state index in [1.54, 1.807) is 0 Å². The summed E-state index contributed by atoms with van der Waals surface area (Å²) in [4.78, 5) is 38.5. The van der Waals surface area contributed by atoms with Crippen molar-refractivity contribution in [3.05, 3.63) is 106 Å². The molecule has 3 aliphatic heterocycles. The van der Waals surface area contributed by atoms with E-state index in [9.17, 15) is 14.4 Å². The van der Waals surface area contributed by atoms with Crippen LogP contribution in [-0.2, 0) is 37.4 Å². The minimum absolute atomic E-state index is 0.00240. The molecule has 3 saturated heterocycles. The number of carbonyl (C=O) groups excluding carboxylic acids is 3. The van der Waals surface area contributed by atoms with Crippen LogP contribution in [0.4, 0.5) is 0 Å². The number of benzene rings is 3. The highest BCUT2D eigenvalue weighted by atomic mass is 32.2. The molecule has 0 saturated carbocycles. The number of aryl methyl sites for hydroxylation is 3. The van der Waals surface area contributed by atoms with E-state index in [-0.39, 0.29) is 58.8 Å². The minimum atomic E-state index is -0.175. The van der Waals surface area contributed by atoms with Crippen molar-refractivity contribution in [2.24, 2.45) is 10.8 Å². The third kappa shape index (κ3) is 13.6. The maximum atomic E-state index is 13.0. The Hall–Kier alpha value is -2.32. The molecule has 3 heterocycles. The van der Waals surface area contributed by atoms with Gasteiger partial charge in [0.2, 0.25) is 17.3 Å². The molecule has 0 aliphatic carbocycles. The normalized spacial score (nSPS) is 18.4. The zero-order chi connectivity index (χ0) is 42.0. The van der Waals surface area contributed by atoms with Gasteiger partial charge in [-0.15, -0.1) is 0 Å². The van der Waals surface area contributed by atoms with Crippen LogP contribution in [0.1, 0.15) is 135 Å². The van der Waals surface area contributed by atoms with E-state index in [0.29, 0.717) is 17.3 Å². The van der Waals surface area contributed by atoms with E-state index in [0.717, 1.165) is 41.4 Å². The molecule has 7 heteroatoms. The lowest BCUT2D eigenvalue weighted by Crippen LogP contribution is -2.47. The van der Waals surface area contributed by atoms with Crippen LogP contribution in [0.2, 0.25) is 0 Å². The number of carbonyl (C=O) groups is 3. The Bertz CT molecular complexity index is 1620. The molecule has 3 fully saturated rings. The van der Waals surface area contributed by atoms with Gasteiger partial charge in [0.15, 0.2) is 15.2 Å². The lowest BCUT2D eigenvalue weighted by Gasteiger charge is -2.31. The van der Waals surface area contributed by atoms with Crippen molar-refractivity contribution in [3.8, 4) is 0 Å². The first-order valence-electron chi connectivity index (χ1n) is 21.2. The second-order valence-electron chi connectivity index (χ2n) is 18.8. The second-order valence-corrected chi connectivity index (χ2v) is 26.4. The molecule has 0 amide bonds. The molecule has 6 rings (SSSR count). The van der Waals surface area contributed by atoms with Crippen LogP contribution in [0.25, 0.3) is 0 Å². The molecular formula is C50H73O4S3+3. The van der Waals surface area contributed by atoms with Crippen molar-refractivity contribution in [1.29, 1.82) is 0 Å². The molecule has 0 radical (unpaired) electrons. The molecule has 0 aromatic heterocycles. The molecule has 3 aromatic carbocycles. The summed E-state index contributed by atoms with van der Waals surface area (Å²) in [5.41, 5.74) is 6.31.